The van der Waals surface area contributed by atoms with Crippen LogP contribution in [0.1, 0.15) is 126 Å². The first kappa shape index (κ1) is 38.8. The Morgan fingerprint density at radius 2 is 1.16 bits per heavy atom. The van der Waals surface area contributed by atoms with Crippen molar-refractivity contribution in [1.82, 2.24) is 0 Å². The molecule has 62 heavy (non-hydrogen) atoms. The predicted octanol–water partition coefficient (Wildman–Crippen LogP) is 17.0. The summed E-state index contributed by atoms with van der Waals surface area (Å²) in [7, 11) is 0. The van der Waals surface area contributed by atoms with E-state index in [0.717, 1.165) is 11.2 Å². The summed E-state index contributed by atoms with van der Waals surface area (Å²) in [6.07, 6.45) is 2.25. The maximum atomic E-state index is 6.98. The van der Waals surface area contributed by atoms with Crippen LogP contribution in [0.15, 0.2) is 132 Å². The molecule has 0 amide bonds. The third kappa shape index (κ3) is 5.04. The lowest BCUT2D eigenvalue weighted by Gasteiger charge is -2.34. The van der Waals surface area contributed by atoms with Crippen LogP contribution in [0.5, 0.6) is 0 Å². The lowest BCUT2D eigenvalue weighted by atomic mass is 9.72. The highest BCUT2D eigenvalue weighted by molar-refractivity contribution is 6.21. The lowest BCUT2D eigenvalue weighted by Crippen LogP contribution is -2.24. The molecular weight excluding hydrogens is 751 g/mol. The molecule has 0 unspecified atom stereocenters. The zero-order valence-corrected chi connectivity index (χ0v) is 38.5. The van der Waals surface area contributed by atoms with E-state index in [1.54, 1.807) is 0 Å². The molecule has 0 N–H and O–H groups in total. The number of aryl methyl sites for hydroxylation is 1. The summed E-state index contributed by atoms with van der Waals surface area (Å²) in [6.45, 7) is 28.2. The monoisotopic (exact) mass is 807 g/mol. The molecule has 0 saturated carbocycles. The Labute approximate surface area is 367 Å². The van der Waals surface area contributed by atoms with Crippen molar-refractivity contribution in [3.05, 3.63) is 177 Å². The summed E-state index contributed by atoms with van der Waals surface area (Å²) in [4.78, 5) is 2.55. The van der Waals surface area contributed by atoms with Gasteiger partial charge in [0.2, 0.25) is 0 Å². The number of anilines is 3. The second kappa shape index (κ2) is 12.7. The van der Waals surface area contributed by atoms with Crippen molar-refractivity contribution in [1.29, 1.82) is 0 Å². The Kier molecular flexibility index (Phi) is 7.96. The van der Waals surface area contributed by atoms with E-state index in [2.05, 4.69) is 215 Å². The highest BCUT2D eigenvalue weighted by atomic mass is 16.3. The molecule has 0 atom stereocenters. The SMILES string of the molecule is C/C=C(\C)c1cc(C)cc2c1-c1ccc(N(c3ccc4c(c3)C(C)(C)c3c5c(c6oc7ccccc7c6c3-4)-c3ccccc3C5(C)C)c3ccccc3C(C)(C)C)cc1C2(C)C. The van der Waals surface area contributed by atoms with Gasteiger partial charge in [-0.15, -0.1) is 0 Å². The van der Waals surface area contributed by atoms with Crippen molar-refractivity contribution < 1.29 is 4.42 Å². The third-order valence-electron chi connectivity index (χ3n) is 15.1. The van der Waals surface area contributed by atoms with E-state index in [-0.39, 0.29) is 21.7 Å². The van der Waals surface area contributed by atoms with Crippen LogP contribution in [0.4, 0.5) is 17.1 Å². The minimum absolute atomic E-state index is 0.0845. The highest BCUT2D eigenvalue weighted by Gasteiger charge is 2.49. The van der Waals surface area contributed by atoms with Gasteiger partial charge in [-0.3, -0.25) is 0 Å². The van der Waals surface area contributed by atoms with E-state index in [9.17, 15) is 0 Å². The smallest absolute Gasteiger partial charge is 0.144 e. The Bertz CT molecular complexity index is 3280. The molecule has 0 spiro atoms. The van der Waals surface area contributed by atoms with E-state index in [4.69, 9.17) is 4.42 Å². The maximum absolute atomic E-state index is 6.98. The molecule has 7 aromatic carbocycles. The molecule has 0 aliphatic heterocycles. The zero-order chi connectivity index (χ0) is 43.4. The van der Waals surface area contributed by atoms with Gasteiger partial charge < -0.3 is 9.32 Å². The minimum atomic E-state index is -0.299. The fourth-order valence-electron chi connectivity index (χ4n) is 12.0. The number of nitrogens with zero attached hydrogens (tertiary/aromatic N) is 1. The van der Waals surface area contributed by atoms with E-state index in [0.29, 0.717) is 0 Å². The highest BCUT2D eigenvalue weighted by Crippen LogP contribution is 2.64. The Morgan fingerprint density at radius 3 is 1.87 bits per heavy atom. The molecule has 1 aromatic heterocycles. The maximum Gasteiger partial charge on any atom is 0.144 e. The van der Waals surface area contributed by atoms with Gasteiger partial charge in [0.25, 0.3) is 0 Å². The number of hydrogen-bond donors (Lipinski definition) is 0. The van der Waals surface area contributed by atoms with E-state index in [1.165, 1.54) is 117 Å². The fraction of sp³-hybridized carbons (Fsp3) is 0.267. The van der Waals surface area contributed by atoms with Crippen molar-refractivity contribution in [2.24, 2.45) is 0 Å². The van der Waals surface area contributed by atoms with Gasteiger partial charge in [-0.2, -0.15) is 0 Å². The molecule has 8 aromatic rings. The van der Waals surface area contributed by atoms with Crippen LogP contribution in [0.2, 0.25) is 0 Å². The lowest BCUT2D eigenvalue weighted by molar-refractivity contribution is 0.591. The average molecular weight is 808 g/mol. The van der Waals surface area contributed by atoms with Crippen molar-refractivity contribution in [3.63, 3.8) is 0 Å². The second-order valence-electron chi connectivity index (χ2n) is 21.0. The number of allylic oxidation sites excluding steroid dienone is 2. The molecular formula is C60H57NO. The van der Waals surface area contributed by atoms with Crippen molar-refractivity contribution in [2.45, 2.75) is 105 Å². The normalized spacial score (nSPS) is 16.2. The van der Waals surface area contributed by atoms with E-state index in [1.807, 2.05) is 0 Å². The predicted molar refractivity (Wildman–Crippen MR) is 264 cm³/mol. The van der Waals surface area contributed by atoms with Crippen LogP contribution in [0, 0.1) is 6.92 Å². The van der Waals surface area contributed by atoms with E-state index < -0.39 is 0 Å². The van der Waals surface area contributed by atoms with Gasteiger partial charge in [0.05, 0.1) is 0 Å². The number of benzene rings is 7. The van der Waals surface area contributed by atoms with Crippen LogP contribution in [-0.2, 0) is 21.7 Å². The van der Waals surface area contributed by atoms with Crippen LogP contribution < -0.4 is 4.90 Å². The summed E-state index contributed by atoms with van der Waals surface area (Å²) in [6, 6.07) is 46.1. The summed E-state index contributed by atoms with van der Waals surface area (Å²) in [5.41, 5.74) is 26.3. The molecule has 3 aliphatic carbocycles. The number of furan rings is 1. The second-order valence-corrected chi connectivity index (χ2v) is 21.0. The van der Waals surface area contributed by atoms with Crippen LogP contribution in [0.25, 0.3) is 60.9 Å². The van der Waals surface area contributed by atoms with Gasteiger partial charge >= 0.3 is 0 Å². The molecule has 2 heteroatoms. The molecule has 1 heterocycles. The number of fused-ring (bicyclic) bond motifs is 15. The molecule has 3 aliphatic rings. The Hall–Kier alpha value is -6.12. The summed E-state index contributed by atoms with van der Waals surface area (Å²) < 4.78 is 6.98. The first-order valence-electron chi connectivity index (χ1n) is 22.6. The van der Waals surface area contributed by atoms with Crippen molar-refractivity contribution in [2.75, 3.05) is 4.90 Å². The van der Waals surface area contributed by atoms with Crippen LogP contribution in [-0.4, -0.2) is 0 Å². The standard InChI is InChI=1S/C60H57NO/c1-13-35(3)42-30-34(2)31-47-50(42)39-28-26-36(32-45(39)58(47,7)8)61(48-24-18-17-23-44(48)57(4,5)6)37-27-29-40-46(33-37)60(11,12)54-51(40)52-41-21-15-19-25-49(41)62-56(52)53-38-20-14-16-22-43(38)59(9,10)55(53)54/h13-33H,1-12H3/b35-13+. The number of hydrogen-bond acceptors (Lipinski definition) is 2. The first-order valence-corrected chi connectivity index (χ1v) is 22.6. The topological polar surface area (TPSA) is 16.4 Å². The van der Waals surface area contributed by atoms with Crippen molar-refractivity contribution in [3.8, 4) is 33.4 Å². The Balaban J connectivity index is 1.18. The zero-order valence-electron chi connectivity index (χ0n) is 38.5. The Morgan fingerprint density at radius 1 is 0.581 bits per heavy atom. The molecule has 0 saturated heterocycles. The van der Waals surface area contributed by atoms with Gasteiger partial charge in [0.15, 0.2) is 0 Å². The average Bonchev–Trinajstić information content (AvgIpc) is 3.89. The van der Waals surface area contributed by atoms with Gasteiger partial charge in [-0.05, 0) is 140 Å². The molecule has 11 rings (SSSR count). The molecule has 0 fully saturated rings. The number of para-hydroxylation sites is 2. The fourth-order valence-corrected chi connectivity index (χ4v) is 12.0. The van der Waals surface area contributed by atoms with Crippen molar-refractivity contribution >= 4 is 44.6 Å². The first-order chi connectivity index (χ1) is 29.5. The molecule has 308 valence electrons. The molecule has 0 bridgehead atoms. The van der Waals surface area contributed by atoms with Crippen LogP contribution in [0.3, 0.4) is 0 Å². The number of rotatable bonds is 4. The third-order valence-corrected chi connectivity index (χ3v) is 15.1. The van der Waals surface area contributed by atoms with Gasteiger partial charge in [0, 0.05) is 49.6 Å². The molecule has 0 radical (unpaired) electrons. The van der Waals surface area contributed by atoms with Gasteiger partial charge in [-0.1, -0.05) is 159 Å². The largest absolute Gasteiger partial charge is 0.455 e. The van der Waals surface area contributed by atoms with E-state index >= 15 is 0 Å². The van der Waals surface area contributed by atoms with Crippen LogP contribution >= 0.6 is 0 Å². The summed E-state index contributed by atoms with van der Waals surface area (Å²) in [5, 5.41) is 2.42. The quantitative estimate of drug-likeness (QED) is 0.176. The van der Waals surface area contributed by atoms with Gasteiger partial charge in [0.1, 0.15) is 11.2 Å². The minimum Gasteiger partial charge on any atom is -0.455 e. The molecule has 2 nitrogen and oxygen atoms in total. The summed E-state index contributed by atoms with van der Waals surface area (Å²) >= 11 is 0. The summed E-state index contributed by atoms with van der Waals surface area (Å²) in [5.74, 6) is 0. The van der Waals surface area contributed by atoms with Gasteiger partial charge in [-0.25, -0.2) is 0 Å².